The van der Waals surface area contributed by atoms with Crippen molar-refractivity contribution >= 4 is 60.8 Å². The Morgan fingerprint density at radius 1 is 0.914 bits per heavy atom. The predicted molar refractivity (Wildman–Crippen MR) is 147 cm³/mol. The summed E-state index contributed by atoms with van der Waals surface area (Å²) in [5.41, 5.74) is 4.11. The first kappa shape index (κ1) is 25.5. The second kappa shape index (κ2) is 11.5. The van der Waals surface area contributed by atoms with Crippen LogP contribution in [0.2, 0.25) is 0 Å². The van der Waals surface area contributed by atoms with Gasteiger partial charge in [-0.2, -0.15) is 0 Å². The normalized spacial score (nSPS) is 14.6. The van der Waals surface area contributed by atoms with Crippen LogP contribution in [-0.4, -0.2) is 29.2 Å². The van der Waals surface area contributed by atoms with Crippen LogP contribution in [0.1, 0.15) is 22.3 Å². The molecule has 5 nitrogen and oxygen atoms in total. The van der Waals surface area contributed by atoms with E-state index < -0.39 is 0 Å². The molecule has 3 aromatic rings. The minimum Gasteiger partial charge on any atom is -0.492 e. The molecule has 0 atom stereocenters. The van der Waals surface area contributed by atoms with Crippen molar-refractivity contribution in [2.24, 2.45) is 0 Å². The monoisotopic (exact) mass is 615 g/mol. The molecule has 1 aliphatic rings. The number of rotatable bonds is 8. The molecule has 0 N–H and O–H groups in total. The van der Waals surface area contributed by atoms with Crippen LogP contribution in [0, 0.1) is 13.8 Å². The van der Waals surface area contributed by atoms with Gasteiger partial charge < -0.3 is 9.47 Å². The molecule has 3 aromatic carbocycles. The molecule has 180 valence electrons. The summed E-state index contributed by atoms with van der Waals surface area (Å²) < 4.78 is 13.2. The third-order valence-corrected chi connectivity index (χ3v) is 7.32. The molecular weight excluding hydrogens is 594 g/mol. The number of benzene rings is 3. The number of aryl methyl sites for hydroxylation is 2. The second-order valence-electron chi connectivity index (χ2n) is 8.09. The molecule has 8 heteroatoms. The standard InChI is InChI=1S/C27H23Br2NO4S/c1-17-5-3-7-19(11-17)16-34-25-22(28)13-20(14-23(25)29)15-24-26(31)30(27(32)35-24)9-10-33-21-8-4-6-18(2)12-21/h3-8,11-15H,9-10,16H2,1-2H3/b24-15-. The zero-order chi connectivity index (χ0) is 24.9. The number of thioether (sulfide) groups is 1. The molecule has 0 aliphatic carbocycles. The Balaban J connectivity index is 1.41. The molecule has 1 fully saturated rings. The Kier molecular flexibility index (Phi) is 8.36. The van der Waals surface area contributed by atoms with Crippen LogP contribution >= 0.6 is 43.6 Å². The minimum absolute atomic E-state index is 0.190. The van der Waals surface area contributed by atoms with Crippen molar-refractivity contribution in [1.82, 2.24) is 4.90 Å². The van der Waals surface area contributed by atoms with Gasteiger partial charge in [-0.3, -0.25) is 14.5 Å². The maximum Gasteiger partial charge on any atom is 0.293 e. The molecular formula is C27H23Br2NO4S. The van der Waals surface area contributed by atoms with Crippen molar-refractivity contribution in [3.63, 3.8) is 0 Å². The van der Waals surface area contributed by atoms with E-state index in [1.807, 2.05) is 68.4 Å². The number of ether oxygens (including phenoxy) is 2. The molecule has 0 saturated carbocycles. The molecule has 1 saturated heterocycles. The Morgan fingerprint density at radius 3 is 2.29 bits per heavy atom. The van der Waals surface area contributed by atoms with Gasteiger partial charge in [0, 0.05) is 0 Å². The Hall–Kier alpha value is -2.55. The number of imide groups is 1. The minimum atomic E-state index is -0.320. The third-order valence-electron chi connectivity index (χ3n) is 5.23. The van der Waals surface area contributed by atoms with Crippen LogP contribution in [-0.2, 0) is 11.4 Å². The van der Waals surface area contributed by atoms with Gasteiger partial charge in [0.25, 0.3) is 11.1 Å². The van der Waals surface area contributed by atoms with Crippen molar-refractivity contribution in [3.8, 4) is 11.5 Å². The lowest BCUT2D eigenvalue weighted by Crippen LogP contribution is -2.32. The molecule has 0 bridgehead atoms. The summed E-state index contributed by atoms with van der Waals surface area (Å²) in [5.74, 6) is 1.07. The van der Waals surface area contributed by atoms with Crippen molar-refractivity contribution in [2.75, 3.05) is 13.2 Å². The van der Waals surface area contributed by atoms with Crippen molar-refractivity contribution in [1.29, 1.82) is 0 Å². The van der Waals surface area contributed by atoms with Crippen LogP contribution in [0.3, 0.4) is 0 Å². The van der Waals surface area contributed by atoms with Crippen LogP contribution in [0.15, 0.2) is 74.5 Å². The topological polar surface area (TPSA) is 55.8 Å². The fraction of sp³-hybridized carbons (Fsp3) is 0.185. The van der Waals surface area contributed by atoms with Gasteiger partial charge in [-0.25, -0.2) is 0 Å². The Morgan fingerprint density at radius 2 is 1.60 bits per heavy atom. The van der Waals surface area contributed by atoms with Gasteiger partial charge in [-0.1, -0.05) is 42.0 Å². The van der Waals surface area contributed by atoms with Crippen LogP contribution in [0.4, 0.5) is 4.79 Å². The van der Waals surface area contributed by atoms with Gasteiger partial charge in [0.2, 0.25) is 0 Å². The maximum atomic E-state index is 12.9. The van der Waals surface area contributed by atoms with E-state index in [4.69, 9.17) is 9.47 Å². The lowest BCUT2D eigenvalue weighted by Gasteiger charge is -2.13. The predicted octanol–water partition coefficient (Wildman–Crippen LogP) is 7.52. The van der Waals surface area contributed by atoms with E-state index in [0.717, 1.165) is 37.4 Å². The highest BCUT2D eigenvalue weighted by molar-refractivity contribution is 9.11. The van der Waals surface area contributed by atoms with Gasteiger partial charge in [0.1, 0.15) is 24.7 Å². The average Bonchev–Trinajstić information content (AvgIpc) is 3.06. The summed E-state index contributed by atoms with van der Waals surface area (Å²) >= 11 is 8.06. The molecule has 0 radical (unpaired) electrons. The Bertz CT molecular complexity index is 1280. The number of amides is 2. The summed E-state index contributed by atoms with van der Waals surface area (Å²) in [5, 5.41) is -0.301. The van der Waals surface area contributed by atoms with Crippen molar-refractivity contribution in [2.45, 2.75) is 20.5 Å². The van der Waals surface area contributed by atoms with Crippen molar-refractivity contribution in [3.05, 3.63) is 96.8 Å². The first-order chi connectivity index (χ1) is 16.8. The number of halogens is 2. The van der Waals surface area contributed by atoms with Gasteiger partial charge in [0.05, 0.1) is 20.4 Å². The lowest BCUT2D eigenvalue weighted by molar-refractivity contribution is -0.123. The quantitative estimate of drug-likeness (QED) is 0.245. The molecule has 1 heterocycles. The summed E-state index contributed by atoms with van der Waals surface area (Å²) in [6.07, 6.45) is 1.71. The molecule has 35 heavy (non-hydrogen) atoms. The van der Waals surface area contributed by atoms with Crippen LogP contribution in [0.5, 0.6) is 11.5 Å². The Labute approximate surface area is 225 Å². The molecule has 0 unspecified atom stereocenters. The molecule has 4 rings (SSSR count). The maximum absolute atomic E-state index is 12.9. The number of hydrogen-bond acceptors (Lipinski definition) is 5. The van der Waals surface area contributed by atoms with E-state index >= 15 is 0 Å². The zero-order valence-corrected chi connectivity index (χ0v) is 23.2. The second-order valence-corrected chi connectivity index (χ2v) is 10.8. The average molecular weight is 617 g/mol. The molecule has 0 spiro atoms. The lowest BCUT2D eigenvalue weighted by atomic mass is 10.1. The van der Waals surface area contributed by atoms with Crippen LogP contribution < -0.4 is 9.47 Å². The highest BCUT2D eigenvalue weighted by Crippen LogP contribution is 2.38. The largest absolute Gasteiger partial charge is 0.492 e. The van der Waals surface area contributed by atoms with E-state index in [2.05, 4.69) is 37.9 Å². The number of carbonyl (C=O) groups excluding carboxylic acids is 2. The van der Waals surface area contributed by atoms with Gasteiger partial charge >= 0.3 is 0 Å². The SMILES string of the molecule is Cc1cccc(COc2c(Br)cc(/C=C3\SC(=O)N(CCOc4cccc(C)c4)C3=O)cc2Br)c1. The van der Waals surface area contributed by atoms with E-state index in [-0.39, 0.29) is 24.3 Å². The third kappa shape index (κ3) is 6.57. The zero-order valence-electron chi connectivity index (χ0n) is 19.2. The number of nitrogens with zero attached hydrogens (tertiary/aromatic N) is 1. The van der Waals surface area contributed by atoms with Crippen molar-refractivity contribution < 1.29 is 19.1 Å². The fourth-order valence-electron chi connectivity index (χ4n) is 3.56. The number of carbonyl (C=O) groups is 2. The fourth-order valence-corrected chi connectivity index (χ4v) is 5.88. The highest BCUT2D eigenvalue weighted by atomic mass is 79.9. The van der Waals surface area contributed by atoms with E-state index in [1.165, 1.54) is 10.5 Å². The smallest absolute Gasteiger partial charge is 0.293 e. The summed E-state index contributed by atoms with van der Waals surface area (Å²) in [6, 6.07) is 19.5. The van der Waals surface area contributed by atoms with Gasteiger partial charge in [-0.15, -0.1) is 0 Å². The van der Waals surface area contributed by atoms with Gasteiger partial charge in [0.15, 0.2) is 0 Å². The highest BCUT2D eigenvalue weighted by Gasteiger charge is 2.34. The molecule has 1 aliphatic heterocycles. The summed E-state index contributed by atoms with van der Waals surface area (Å²) in [6.45, 7) is 4.88. The van der Waals surface area contributed by atoms with Gasteiger partial charge in [-0.05, 0) is 105 Å². The van der Waals surface area contributed by atoms with E-state index in [9.17, 15) is 9.59 Å². The number of hydrogen-bond donors (Lipinski definition) is 0. The van der Waals surface area contributed by atoms with E-state index in [1.54, 1.807) is 6.08 Å². The van der Waals surface area contributed by atoms with E-state index in [0.29, 0.717) is 23.0 Å². The molecule has 2 amide bonds. The van der Waals surface area contributed by atoms with Crippen LogP contribution in [0.25, 0.3) is 6.08 Å². The first-order valence-corrected chi connectivity index (χ1v) is 13.3. The molecule has 0 aromatic heterocycles. The summed E-state index contributed by atoms with van der Waals surface area (Å²) in [4.78, 5) is 26.9. The first-order valence-electron chi connectivity index (χ1n) is 10.9. The summed E-state index contributed by atoms with van der Waals surface area (Å²) in [7, 11) is 0.